The predicted octanol–water partition coefficient (Wildman–Crippen LogP) is 13.3. The molecule has 0 aromatic heterocycles. The van der Waals surface area contributed by atoms with Crippen LogP contribution in [-0.2, 0) is 12.8 Å². The molecule has 0 bridgehead atoms. The van der Waals surface area contributed by atoms with E-state index in [1.807, 2.05) is 6.92 Å². The van der Waals surface area contributed by atoms with Gasteiger partial charge in [0.15, 0.2) is 34.9 Å². The van der Waals surface area contributed by atoms with Crippen molar-refractivity contribution in [2.75, 3.05) is 0 Å². The summed E-state index contributed by atoms with van der Waals surface area (Å²) < 4.78 is 137. The number of hydrogen-bond acceptors (Lipinski definition) is 4. The maximum Gasteiger partial charge on any atom is 0.343 e. The summed E-state index contributed by atoms with van der Waals surface area (Å²) in [5, 5.41) is 17.3. The smallest absolute Gasteiger partial charge is 0.343 e. The Balaban J connectivity index is 0.000000250. The van der Waals surface area contributed by atoms with Gasteiger partial charge in [0, 0.05) is 35.4 Å². The summed E-state index contributed by atoms with van der Waals surface area (Å²) in [4.78, 5) is 22.9. The topological polar surface area (TPSA) is 83.8 Å². The molecule has 6 aromatic rings. The maximum absolute atomic E-state index is 14.3. The van der Waals surface area contributed by atoms with E-state index < -0.39 is 81.6 Å². The van der Waals surface area contributed by atoms with E-state index in [0.29, 0.717) is 59.4 Å². The van der Waals surface area contributed by atoms with Crippen LogP contribution in [0.25, 0.3) is 0 Å². The summed E-state index contributed by atoms with van der Waals surface area (Å²) >= 11 is 0. The Hall–Kier alpha value is -7.52. The van der Waals surface area contributed by atoms with Gasteiger partial charge in [-0.15, -0.1) is 0 Å². The first-order chi connectivity index (χ1) is 31.9. The van der Waals surface area contributed by atoms with E-state index in [-0.39, 0.29) is 22.3 Å². The van der Waals surface area contributed by atoms with Gasteiger partial charge < -0.3 is 14.9 Å². The number of carboxylic acid groups (broad SMARTS) is 1. The van der Waals surface area contributed by atoms with Crippen LogP contribution in [0.2, 0.25) is 0 Å². The van der Waals surface area contributed by atoms with Crippen molar-refractivity contribution >= 4 is 11.9 Å². The second-order valence-electron chi connectivity index (χ2n) is 14.6. The zero-order chi connectivity index (χ0) is 49.2. The first kappa shape index (κ1) is 52.1. The molecule has 0 spiro atoms. The second kappa shape index (κ2) is 25.2. The van der Waals surface area contributed by atoms with Gasteiger partial charge in [0.1, 0.15) is 34.8 Å². The average molecular weight is 935 g/mol. The summed E-state index contributed by atoms with van der Waals surface area (Å²) in [5.74, 6) is -4.68. The molecule has 0 saturated carbocycles. The molecule has 0 aliphatic carbocycles. The molecule has 0 atom stereocenters. The highest BCUT2D eigenvalue weighted by Crippen LogP contribution is 2.22. The van der Waals surface area contributed by atoms with Crippen LogP contribution in [0.4, 0.5) is 43.9 Å². The number of phenols is 1. The number of aryl methyl sites for hydroxylation is 2. The normalized spacial score (nSPS) is 10.3. The van der Waals surface area contributed by atoms with Crippen LogP contribution < -0.4 is 4.74 Å². The molecule has 0 saturated heterocycles. The molecule has 67 heavy (non-hydrogen) atoms. The fourth-order valence-electron chi connectivity index (χ4n) is 5.89. The Bertz CT molecular complexity index is 2730. The summed E-state index contributed by atoms with van der Waals surface area (Å²) in [6, 6.07) is 18.6. The first-order valence-corrected chi connectivity index (χ1v) is 20.5. The lowest BCUT2D eigenvalue weighted by Crippen LogP contribution is -2.09. The lowest BCUT2D eigenvalue weighted by Gasteiger charge is -2.05. The number of esters is 1. The maximum atomic E-state index is 14.3. The SMILES string of the molecule is CCCCCc1cc(F)c(C#Cc2ccc(C(=O)O)cc2)c(F)c1.CCCCCc1cc(F)c(C#Cc2ccc(C(=O)Oc3cc(F)c(F)c(F)c3)cc2)c(F)c1.Oc1cc(F)c(F)c(F)c1. The van der Waals surface area contributed by atoms with Crippen molar-refractivity contribution in [1.29, 1.82) is 0 Å². The van der Waals surface area contributed by atoms with Crippen molar-refractivity contribution in [3.63, 3.8) is 0 Å². The lowest BCUT2D eigenvalue weighted by molar-refractivity contribution is 0.0694. The van der Waals surface area contributed by atoms with Crippen molar-refractivity contribution in [3.05, 3.63) is 200 Å². The fourth-order valence-corrected chi connectivity index (χ4v) is 5.89. The van der Waals surface area contributed by atoms with Gasteiger partial charge in [0.2, 0.25) is 0 Å². The highest BCUT2D eigenvalue weighted by atomic mass is 19.2. The van der Waals surface area contributed by atoms with Crippen LogP contribution in [0.15, 0.2) is 97.1 Å². The number of carboxylic acids is 1. The van der Waals surface area contributed by atoms with Crippen molar-refractivity contribution in [1.82, 2.24) is 0 Å². The zero-order valence-electron chi connectivity index (χ0n) is 35.8. The van der Waals surface area contributed by atoms with Gasteiger partial charge in [-0.05, 0) is 110 Å². The molecule has 0 radical (unpaired) electrons. The predicted molar refractivity (Wildman–Crippen MR) is 230 cm³/mol. The Morgan fingerprint density at radius 1 is 0.478 bits per heavy atom. The van der Waals surface area contributed by atoms with Crippen molar-refractivity contribution in [3.8, 4) is 35.2 Å². The third-order valence-electron chi connectivity index (χ3n) is 9.39. The number of carbonyl (C=O) groups excluding carboxylic acids is 1. The molecular formula is C52H40F10O5. The number of phenolic OH excluding ortho intramolecular Hbond substituents is 1. The van der Waals surface area contributed by atoms with Crippen LogP contribution in [0, 0.1) is 81.9 Å². The minimum absolute atomic E-state index is 0.0273. The minimum atomic E-state index is -1.67. The lowest BCUT2D eigenvalue weighted by atomic mass is 10.0. The Kier molecular flexibility index (Phi) is 19.6. The molecule has 0 amide bonds. The van der Waals surface area contributed by atoms with Gasteiger partial charge in [-0.1, -0.05) is 63.2 Å². The van der Waals surface area contributed by atoms with E-state index in [1.54, 1.807) is 0 Å². The van der Waals surface area contributed by atoms with Crippen molar-refractivity contribution < 1.29 is 68.4 Å². The van der Waals surface area contributed by atoms with E-state index in [1.165, 1.54) is 72.8 Å². The molecule has 348 valence electrons. The Morgan fingerprint density at radius 3 is 1.19 bits per heavy atom. The molecule has 5 nitrogen and oxygen atoms in total. The van der Waals surface area contributed by atoms with E-state index in [9.17, 15) is 53.5 Å². The van der Waals surface area contributed by atoms with E-state index >= 15 is 0 Å². The van der Waals surface area contributed by atoms with Gasteiger partial charge >= 0.3 is 11.9 Å². The summed E-state index contributed by atoms with van der Waals surface area (Å²) in [5.41, 5.74) is 1.62. The molecule has 0 fully saturated rings. The summed E-state index contributed by atoms with van der Waals surface area (Å²) in [6.45, 7) is 4.12. The van der Waals surface area contributed by atoms with Gasteiger partial charge in [-0.3, -0.25) is 0 Å². The van der Waals surface area contributed by atoms with Crippen LogP contribution in [0.5, 0.6) is 11.5 Å². The quantitative estimate of drug-likeness (QED) is 0.0338. The number of rotatable bonds is 11. The van der Waals surface area contributed by atoms with Gasteiger partial charge in [0.05, 0.1) is 22.3 Å². The number of halogens is 10. The van der Waals surface area contributed by atoms with E-state index in [4.69, 9.17) is 14.9 Å². The number of benzene rings is 6. The third-order valence-corrected chi connectivity index (χ3v) is 9.39. The molecule has 0 heterocycles. The Labute approximate surface area is 379 Å². The largest absolute Gasteiger partial charge is 0.508 e. The minimum Gasteiger partial charge on any atom is -0.508 e. The average Bonchev–Trinajstić information content (AvgIpc) is 3.28. The van der Waals surface area contributed by atoms with Crippen LogP contribution in [-0.4, -0.2) is 22.2 Å². The highest BCUT2D eigenvalue weighted by molar-refractivity contribution is 5.91. The van der Waals surface area contributed by atoms with Crippen LogP contribution in [0.3, 0.4) is 0 Å². The molecule has 6 aromatic carbocycles. The molecule has 2 N–H and O–H groups in total. The second-order valence-corrected chi connectivity index (χ2v) is 14.6. The monoisotopic (exact) mass is 934 g/mol. The van der Waals surface area contributed by atoms with Gasteiger partial charge in [0.25, 0.3) is 0 Å². The first-order valence-electron chi connectivity index (χ1n) is 20.5. The van der Waals surface area contributed by atoms with Crippen LogP contribution >= 0.6 is 0 Å². The molecular weight excluding hydrogens is 895 g/mol. The van der Waals surface area contributed by atoms with Crippen molar-refractivity contribution in [2.24, 2.45) is 0 Å². The molecule has 0 aliphatic heterocycles. The third kappa shape index (κ3) is 15.9. The molecule has 0 aliphatic rings. The summed E-state index contributed by atoms with van der Waals surface area (Å²) in [7, 11) is 0. The fraction of sp³-hybridized carbons (Fsp3) is 0.192. The van der Waals surface area contributed by atoms with Crippen LogP contribution in [0.1, 0.15) is 106 Å². The number of aromatic hydroxyl groups is 1. The Morgan fingerprint density at radius 2 is 0.836 bits per heavy atom. The standard InChI is InChI=1S/C26H19F5O2.C20H18F2O2.C6H3F3O/c1-2-3-4-5-17-12-21(27)20(22(28)13-17)11-8-16-6-9-18(10-7-16)26(32)33-19-14-23(29)25(31)24(30)15-19;1-2-3-4-5-15-12-18(21)17(19(22)13-15)11-8-14-6-9-16(10-7-14)20(23)24;7-4-1-3(10)2-5(8)6(4)9/h6-7,9-10,12-15H,2-5H2,1H3;6-7,9-10,12-13H,2-5H2,1H3,(H,23,24);1-2,10H. The van der Waals surface area contributed by atoms with E-state index in [0.717, 1.165) is 38.5 Å². The zero-order valence-corrected chi connectivity index (χ0v) is 35.8. The van der Waals surface area contributed by atoms with Gasteiger partial charge in [-0.25, -0.2) is 53.5 Å². The summed E-state index contributed by atoms with van der Waals surface area (Å²) in [6.07, 6.45) is 7.04. The number of unbranched alkanes of at least 4 members (excludes halogenated alkanes) is 4. The van der Waals surface area contributed by atoms with Gasteiger partial charge in [-0.2, -0.15) is 0 Å². The van der Waals surface area contributed by atoms with E-state index in [2.05, 4.69) is 30.6 Å². The number of ether oxygens (including phenoxy) is 1. The molecule has 6 rings (SSSR count). The number of carbonyl (C=O) groups is 2. The van der Waals surface area contributed by atoms with Crippen molar-refractivity contribution in [2.45, 2.75) is 65.2 Å². The number of aromatic carboxylic acids is 1. The highest BCUT2D eigenvalue weighted by Gasteiger charge is 2.16. The number of hydrogen-bond donors (Lipinski definition) is 2. The molecule has 15 heteroatoms. The molecule has 0 unspecified atom stereocenters.